The largest absolute Gasteiger partial charge is 0.506 e. The predicted molar refractivity (Wildman–Crippen MR) is 55.0 cm³/mol. The molecule has 1 atom stereocenters. The molecule has 3 N–H and O–H groups in total. The number of aromatic hydroxyl groups is 1. The van der Waals surface area contributed by atoms with Crippen LogP contribution in [0.1, 0.15) is 31.4 Å². The molecule has 0 fully saturated rings. The molecule has 0 spiro atoms. The van der Waals surface area contributed by atoms with Crippen molar-refractivity contribution in [1.29, 1.82) is 0 Å². The minimum Gasteiger partial charge on any atom is -0.506 e. The van der Waals surface area contributed by atoms with Crippen LogP contribution >= 0.6 is 11.6 Å². The van der Waals surface area contributed by atoms with Crippen molar-refractivity contribution in [2.24, 2.45) is 5.73 Å². The Hall–Kier alpha value is -0.730. The maximum atomic E-state index is 9.58. The normalized spacial score (nSPS) is 12.8. The van der Waals surface area contributed by atoms with E-state index in [2.05, 4.69) is 6.92 Å². The quantitative estimate of drug-likeness (QED) is 0.787. The first-order chi connectivity index (χ1) is 6.16. The van der Waals surface area contributed by atoms with Crippen molar-refractivity contribution >= 4 is 11.6 Å². The third kappa shape index (κ3) is 2.36. The summed E-state index contributed by atoms with van der Waals surface area (Å²) in [5, 5.41) is 9.95. The smallest absolute Gasteiger partial charge is 0.138 e. The van der Waals surface area contributed by atoms with Crippen LogP contribution in [-0.2, 0) is 0 Å². The van der Waals surface area contributed by atoms with Gasteiger partial charge in [0.1, 0.15) is 5.75 Å². The molecule has 13 heavy (non-hydrogen) atoms. The van der Waals surface area contributed by atoms with Crippen LogP contribution in [0.25, 0.3) is 0 Å². The van der Waals surface area contributed by atoms with Crippen molar-refractivity contribution in [3.63, 3.8) is 0 Å². The fourth-order valence-corrected chi connectivity index (χ4v) is 1.48. The number of nitrogens with two attached hydrogens (primary N) is 1. The molecule has 0 radical (unpaired) electrons. The fourth-order valence-electron chi connectivity index (χ4n) is 1.30. The van der Waals surface area contributed by atoms with Gasteiger partial charge >= 0.3 is 0 Å². The van der Waals surface area contributed by atoms with Gasteiger partial charge in [-0.3, -0.25) is 0 Å². The first-order valence-electron chi connectivity index (χ1n) is 4.39. The Morgan fingerprint density at radius 2 is 2.23 bits per heavy atom. The van der Waals surface area contributed by atoms with Gasteiger partial charge in [-0.2, -0.15) is 0 Å². The Kier molecular flexibility index (Phi) is 3.58. The number of hydrogen-bond acceptors (Lipinski definition) is 2. The molecule has 0 saturated heterocycles. The second-order valence-corrected chi connectivity index (χ2v) is 3.48. The average Bonchev–Trinajstić information content (AvgIpc) is 2.10. The molecule has 0 amide bonds. The molecule has 2 nitrogen and oxygen atoms in total. The number of phenols is 1. The van der Waals surface area contributed by atoms with Gasteiger partial charge in [-0.15, -0.1) is 0 Å². The van der Waals surface area contributed by atoms with Crippen molar-refractivity contribution < 1.29 is 5.11 Å². The zero-order chi connectivity index (χ0) is 9.84. The number of hydrogen-bond donors (Lipinski definition) is 2. The van der Waals surface area contributed by atoms with Gasteiger partial charge in [-0.1, -0.05) is 37.1 Å². The summed E-state index contributed by atoms with van der Waals surface area (Å²) in [5.41, 5.74) is 6.59. The number of halogens is 1. The topological polar surface area (TPSA) is 46.2 Å². The summed E-state index contributed by atoms with van der Waals surface area (Å²) in [5.74, 6) is 0.116. The SMILES string of the molecule is CCC[C@@H](N)c1cccc(Cl)c1O. The molecule has 0 aliphatic carbocycles. The summed E-state index contributed by atoms with van der Waals surface area (Å²) < 4.78 is 0. The number of rotatable bonds is 3. The van der Waals surface area contributed by atoms with Crippen molar-refractivity contribution in [1.82, 2.24) is 0 Å². The van der Waals surface area contributed by atoms with Gasteiger partial charge in [0.2, 0.25) is 0 Å². The van der Waals surface area contributed by atoms with Crippen LogP contribution in [0.4, 0.5) is 0 Å². The van der Waals surface area contributed by atoms with Crippen LogP contribution in [0.3, 0.4) is 0 Å². The molecule has 3 heteroatoms. The molecule has 0 unspecified atom stereocenters. The van der Waals surface area contributed by atoms with E-state index in [4.69, 9.17) is 17.3 Å². The van der Waals surface area contributed by atoms with Crippen LogP contribution < -0.4 is 5.73 Å². The van der Waals surface area contributed by atoms with Crippen molar-refractivity contribution in [3.05, 3.63) is 28.8 Å². The Bertz CT molecular complexity index is 288. The van der Waals surface area contributed by atoms with Gasteiger partial charge in [0, 0.05) is 11.6 Å². The van der Waals surface area contributed by atoms with E-state index < -0.39 is 0 Å². The van der Waals surface area contributed by atoms with Gasteiger partial charge in [0.05, 0.1) is 5.02 Å². The van der Waals surface area contributed by atoms with Gasteiger partial charge in [0.25, 0.3) is 0 Å². The lowest BCUT2D eigenvalue weighted by Gasteiger charge is -2.12. The lowest BCUT2D eigenvalue weighted by molar-refractivity contribution is 0.458. The first-order valence-corrected chi connectivity index (χ1v) is 4.77. The Morgan fingerprint density at radius 1 is 1.54 bits per heavy atom. The van der Waals surface area contributed by atoms with Crippen LogP contribution in [0.15, 0.2) is 18.2 Å². The first kappa shape index (κ1) is 10.4. The molecule has 72 valence electrons. The molecule has 0 heterocycles. The highest BCUT2D eigenvalue weighted by Crippen LogP contribution is 2.31. The molecule has 1 aromatic carbocycles. The lowest BCUT2D eigenvalue weighted by atomic mass is 10.0. The number of benzene rings is 1. The van der Waals surface area contributed by atoms with Crippen molar-refractivity contribution in [3.8, 4) is 5.75 Å². The van der Waals surface area contributed by atoms with Gasteiger partial charge < -0.3 is 10.8 Å². The zero-order valence-electron chi connectivity index (χ0n) is 7.63. The lowest BCUT2D eigenvalue weighted by Crippen LogP contribution is -2.09. The Balaban J connectivity index is 2.93. The number of phenolic OH excluding ortho intramolecular Hbond substituents is 1. The van der Waals surface area contributed by atoms with E-state index in [-0.39, 0.29) is 11.8 Å². The van der Waals surface area contributed by atoms with E-state index in [0.717, 1.165) is 18.4 Å². The molecular formula is C10H14ClNO. The monoisotopic (exact) mass is 199 g/mol. The summed E-state index contributed by atoms with van der Waals surface area (Å²) >= 11 is 5.75. The zero-order valence-corrected chi connectivity index (χ0v) is 8.38. The second-order valence-electron chi connectivity index (χ2n) is 3.07. The molecule has 0 aliphatic rings. The third-order valence-electron chi connectivity index (χ3n) is 2.02. The van der Waals surface area contributed by atoms with E-state index >= 15 is 0 Å². The Morgan fingerprint density at radius 3 is 2.85 bits per heavy atom. The predicted octanol–water partition coefficient (Wildman–Crippen LogP) is 2.85. The van der Waals surface area contributed by atoms with E-state index in [0.29, 0.717) is 5.02 Å². The summed E-state index contributed by atoms with van der Waals surface area (Å²) in [4.78, 5) is 0. The minimum atomic E-state index is -0.122. The fraction of sp³-hybridized carbons (Fsp3) is 0.400. The molecular weight excluding hydrogens is 186 g/mol. The van der Waals surface area contributed by atoms with Crippen LogP contribution in [0.2, 0.25) is 5.02 Å². The minimum absolute atomic E-state index is 0.116. The maximum Gasteiger partial charge on any atom is 0.138 e. The molecule has 0 bridgehead atoms. The van der Waals surface area contributed by atoms with Crippen LogP contribution in [0, 0.1) is 0 Å². The van der Waals surface area contributed by atoms with E-state index in [1.54, 1.807) is 12.1 Å². The molecule has 0 saturated carbocycles. The molecule has 0 aliphatic heterocycles. The average molecular weight is 200 g/mol. The maximum absolute atomic E-state index is 9.58. The van der Waals surface area contributed by atoms with Crippen LogP contribution in [0.5, 0.6) is 5.75 Å². The van der Waals surface area contributed by atoms with Gasteiger partial charge in [0.15, 0.2) is 0 Å². The summed E-state index contributed by atoms with van der Waals surface area (Å²) in [6.45, 7) is 2.06. The highest BCUT2D eigenvalue weighted by Gasteiger charge is 2.11. The standard InChI is InChI=1S/C10H14ClNO/c1-2-4-9(12)7-5-3-6-8(11)10(7)13/h3,5-6,9,13H,2,4,12H2,1H3/t9-/m1/s1. The summed E-state index contributed by atoms with van der Waals surface area (Å²) in [6.07, 6.45) is 1.85. The van der Waals surface area contributed by atoms with Crippen LogP contribution in [-0.4, -0.2) is 5.11 Å². The molecule has 0 aromatic heterocycles. The van der Waals surface area contributed by atoms with E-state index in [1.807, 2.05) is 6.07 Å². The second kappa shape index (κ2) is 4.49. The highest BCUT2D eigenvalue weighted by atomic mass is 35.5. The Labute approximate surface area is 83.3 Å². The third-order valence-corrected chi connectivity index (χ3v) is 2.32. The van der Waals surface area contributed by atoms with Gasteiger partial charge in [-0.05, 0) is 12.5 Å². The number of para-hydroxylation sites is 1. The summed E-state index contributed by atoms with van der Waals surface area (Å²) in [6, 6.07) is 5.14. The van der Waals surface area contributed by atoms with Crippen molar-refractivity contribution in [2.45, 2.75) is 25.8 Å². The van der Waals surface area contributed by atoms with Gasteiger partial charge in [-0.25, -0.2) is 0 Å². The van der Waals surface area contributed by atoms with Crippen molar-refractivity contribution in [2.75, 3.05) is 0 Å². The molecule has 1 rings (SSSR count). The highest BCUT2D eigenvalue weighted by molar-refractivity contribution is 6.32. The van der Waals surface area contributed by atoms with E-state index in [9.17, 15) is 5.11 Å². The molecule has 1 aromatic rings. The summed E-state index contributed by atoms with van der Waals surface area (Å²) in [7, 11) is 0. The van der Waals surface area contributed by atoms with E-state index in [1.165, 1.54) is 0 Å².